The lowest BCUT2D eigenvalue weighted by molar-refractivity contribution is -0.422. The molecule has 0 aromatic heterocycles. The molecule has 2 aliphatic rings. The lowest BCUT2D eigenvalue weighted by atomic mass is 9.83. The van der Waals surface area contributed by atoms with Gasteiger partial charge in [-0.25, -0.2) is 4.99 Å². The van der Waals surface area contributed by atoms with E-state index in [1.54, 1.807) is 0 Å². The number of amides is 1. The van der Waals surface area contributed by atoms with Crippen molar-refractivity contribution in [3.05, 3.63) is 21.6 Å². The van der Waals surface area contributed by atoms with Gasteiger partial charge in [0.2, 0.25) is 0 Å². The standard InChI is InChI=1S/C9H10N2O4/c12-8-5-3-1-2-4-6(5)10-9(13)7(8)11(14)15/h5,12H,1-4H2. The number of aliphatic hydroxyl groups excluding tert-OH is 1. The van der Waals surface area contributed by atoms with Crippen LogP contribution in [-0.4, -0.2) is 21.6 Å². The minimum Gasteiger partial charge on any atom is -0.505 e. The molecule has 0 saturated heterocycles. The summed E-state index contributed by atoms with van der Waals surface area (Å²) in [5, 5.41) is 20.2. The van der Waals surface area contributed by atoms with Crippen LogP contribution in [0.3, 0.4) is 0 Å². The fourth-order valence-electron chi connectivity index (χ4n) is 2.05. The number of aliphatic imine (C=N–C) groups is 1. The average Bonchev–Trinajstić information content (AvgIpc) is 2.17. The molecule has 6 nitrogen and oxygen atoms in total. The Labute approximate surface area is 85.5 Å². The van der Waals surface area contributed by atoms with E-state index in [-0.39, 0.29) is 0 Å². The van der Waals surface area contributed by atoms with E-state index >= 15 is 0 Å². The van der Waals surface area contributed by atoms with Crippen molar-refractivity contribution in [3.8, 4) is 0 Å². The zero-order chi connectivity index (χ0) is 11.0. The predicted octanol–water partition coefficient (Wildman–Crippen LogP) is 1.20. The molecule has 0 aromatic rings. The average molecular weight is 210 g/mol. The van der Waals surface area contributed by atoms with E-state index in [0.29, 0.717) is 18.6 Å². The Balaban J connectivity index is 2.42. The maximum atomic E-state index is 11.3. The molecule has 0 spiro atoms. The molecular weight excluding hydrogens is 200 g/mol. The monoisotopic (exact) mass is 210 g/mol. The first kappa shape index (κ1) is 9.82. The number of rotatable bonds is 1. The van der Waals surface area contributed by atoms with Crippen molar-refractivity contribution in [2.24, 2.45) is 10.9 Å². The molecule has 1 amide bonds. The molecule has 1 atom stereocenters. The van der Waals surface area contributed by atoms with Gasteiger partial charge < -0.3 is 5.11 Å². The SMILES string of the molecule is O=C1N=C2CCCCC2C(O)=C1[N+](=O)[O-]. The number of nitro groups is 1. The predicted molar refractivity (Wildman–Crippen MR) is 51.0 cm³/mol. The molecule has 80 valence electrons. The third kappa shape index (κ3) is 1.51. The van der Waals surface area contributed by atoms with Crippen LogP contribution in [0.25, 0.3) is 0 Å². The number of allylic oxidation sites excluding steroid dienone is 1. The summed E-state index contributed by atoms with van der Waals surface area (Å²) in [4.78, 5) is 24.6. The summed E-state index contributed by atoms with van der Waals surface area (Å²) < 4.78 is 0. The molecule has 1 aliphatic heterocycles. The molecule has 0 bridgehead atoms. The minimum absolute atomic E-state index is 0.406. The van der Waals surface area contributed by atoms with Crippen molar-refractivity contribution in [1.82, 2.24) is 0 Å². The van der Waals surface area contributed by atoms with Gasteiger partial charge in [-0.15, -0.1) is 0 Å². The Morgan fingerprint density at radius 1 is 1.47 bits per heavy atom. The topological polar surface area (TPSA) is 92.8 Å². The molecule has 15 heavy (non-hydrogen) atoms. The van der Waals surface area contributed by atoms with Crippen molar-refractivity contribution in [1.29, 1.82) is 0 Å². The number of carbonyl (C=O) groups excluding carboxylic acids is 1. The Morgan fingerprint density at radius 3 is 2.87 bits per heavy atom. The number of carbonyl (C=O) groups is 1. The second kappa shape index (κ2) is 3.45. The first-order valence-corrected chi connectivity index (χ1v) is 4.80. The highest BCUT2D eigenvalue weighted by Crippen LogP contribution is 2.31. The molecule has 1 saturated carbocycles. The van der Waals surface area contributed by atoms with Crippen molar-refractivity contribution >= 4 is 11.6 Å². The molecule has 1 fully saturated rings. The summed E-state index contributed by atoms with van der Waals surface area (Å²) >= 11 is 0. The van der Waals surface area contributed by atoms with Crippen LogP contribution in [0, 0.1) is 16.0 Å². The summed E-state index contributed by atoms with van der Waals surface area (Å²) in [6.07, 6.45) is 3.09. The fourth-order valence-corrected chi connectivity index (χ4v) is 2.05. The number of dihydropyridines is 1. The lowest BCUT2D eigenvalue weighted by Crippen LogP contribution is -2.31. The fraction of sp³-hybridized carbons (Fsp3) is 0.556. The van der Waals surface area contributed by atoms with Crippen molar-refractivity contribution in [2.45, 2.75) is 25.7 Å². The Hall–Kier alpha value is -1.72. The van der Waals surface area contributed by atoms with E-state index in [0.717, 1.165) is 12.8 Å². The van der Waals surface area contributed by atoms with E-state index < -0.39 is 28.2 Å². The first-order chi connectivity index (χ1) is 7.11. The molecule has 1 heterocycles. The number of nitrogens with zero attached hydrogens (tertiary/aromatic N) is 2. The van der Waals surface area contributed by atoms with E-state index in [1.807, 2.05) is 0 Å². The van der Waals surface area contributed by atoms with Crippen LogP contribution in [0.1, 0.15) is 25.7 Å². The van der Waals surface area contributed by atoms with Crippen molar-refractivity contribution < 1.29 is 14.8 Å². The molecule has 0 radical (unpaired) electrons. The van der Waals surface area contributed by atoms with E-state index in [2.05, 4.69) is 4.99 Å². The van der Waals surface area contributed by atoms with Gasteiger partial charge in [-0.1, -0.05) is 6.42 Å². The third-order valence-corrected chi connectivity index (χ3v) is 2.78. The molecule has 1 unspecified atom stereocenters. The third-order valence-electron chi connectivity index (χ3n) is 2.78. The number of aliphatic hydroxyl groups is 1. The van der Waals surface area contributed by atoms with Gasteiger partial charge in [-0.05, 0) is 19.3 Å². The largest absolute Gasteiger partial charge is 0.505 e. The molecule has 1 N–H and O–H groups in total. The highest BCUT2D eigenvalue weighted by atomic mass is 16.6. The first-order valence-electron chi connectivity index (χ1n) is 4.80. The van der Waals surface area contributed by atoms with Crippen molar-refractivity contribution in [2.75, 3.05) is 0 Å². The summed E-state index contributed by atoms with van der Waals surface area (Å²) in [5.74, 6) is -1.74. The smallest absolute Gasteiger partial charge is 0.373 e. The maximum absolute atomic E-state index is 11.3. The maximum Gasteiger partial charge on any atom is 0.373 e. The van der Waals surface area contributed by atoms with Gasteiger partial charge in [0, 0.05) is 5.71 Å². The Morgan fingerprint density at radius 2 is 2.20 bits per heavy atom. The zero-order valence-electron chi connectivity index (χ0n) is 7.97. The van der Waals surface area contributed by atoms with Gasteiger partial charge in [0.15, 0.2) is 5.76 Å². The lowest BCUT2D eigenvalue weighted by Gasteiger charge is -2.25. The van der Waals surface area contributed by atoms with Gasteiger partial charge in [0.25, 0.3) is 0 Å². The Kier molecular flexibility index (Phi) is 2.26. The number of fused-ring (bicyclic) bond motifs is 1. The van der Waals surface area contributed by atoms with Crippen LogP contribution < -0.4 is 0 Å². The van der Waals surface area contributed by atoms with Crippen LogP contribution in [0.4, 0.5) is 0 Å². The van der Waals surface area contributed by atoms with Gasteiger partial charge in [0.05, 0.1) is 10.8 Å². The number of hydrogen-bond donors (Lipinski definition) is 1. The van der Waals surface area contributed by atoms with E-state index in [1.165, 1.54) is 0 Å². The van der Waals surface area contributed by atoms with Crippen LogP contribution in [0.15, 0.2) is 16.4 Å². The van der Waals surface area contributed by atoms with Crippen LogP contribution in [0.5, 0.6) is 0 Å². The van der Waals surface area contributed by atoms with Gasteiger partial charge >= 0.3 is 11.6 Å². The van der Waals surface area contributed by atoms with Gasteiger partial charge in [-0.2, -0.15) is 0 Å². The quantitative estimate of drug-likeness (QED) is 0.519. The second-order valence-corrected chi connectivity index (χ2v) is 3.70. The molecule has 2 rings (SSSR count). The van der Waals surface area contributed by atoms with Gasteiger partial charge in [0.1, 0.15) is 0 Å². The molecule has 6 heteroatoms. The minimum atomic E-state index is -0.925. The molecule has 0 aromatic carbocycles. The summed E-state index contributed by atoms with van der Waals surface area (Å²) in [5.41, 5.74) is -0.167. The van der Waals surface area contributed by atoms with Crippen LogP contribution >= 0.6 is 0 Å². The van der Waals surface area contributed by atoms with E-state index in [9.17, 15) is 20.0 Å². The number of hydrogen-bond acceptors (Lipinski definition) is 4. The molecular formula is C9H10N2O4. The van der Waals surface area contributed by atoms with Crippen molar-refractivity contribution in [3.63, 3.8) is 0 Å². The second-order valence-electron chi connectivity index (χ2n) is 3.70. The normalized spacial score (nSPS) is 26.0. The van der Waals surface area contributed by atoms with Gasteiger partial charge in [-0.3, -0.25) is 14.9 Å². The summed E-state index contributed by atoms with van der Waals surface area (Å²) in [7, 11) is 0. The van der Waals surface area contributed by atoms with Crippen LogP contribution in [-0.2, 0) is 4.79 Å². The zero-order valence-corrected chi connectivity index (χ0v) is 7.97. The highest BCUT2D eigenvalue weighted by molar-refractivity contribution is 6.07. The highest BCUT2D eigenvalue weighted by Gasteiger charge is 2.39. The van der Waals surface area contributed by atoms with Crippen LogP contribution in [0.2, 0.25) is 0 Å². The summed E-state index contributed by atoms with van der Waals surface area (Å²) in [6, 6.07) is 0. The van der Waals surface area contributed by atoms with E-state index in [4.69, 9.17) is 0 Å². The Bertz CT molecular complexity index is 397. The summed E-state index contributed by atoms with van der Waals surface area (Å²) in [6.45, 7) is 0. The molecule has 1 aliphatic carbocycles.